The van der Waals surface area contributed by atoms with Crippen molar-refractivity contribution in [3.8, 4) is 34.5 Å². The van der Waals surface area contributed by atoms with Crippen LogP contribution in [0.25, 0.3) is 0 Å². The van der Waals surface area contributed by atoms with Crippen molar-refractivity contribution in [1.29, 1.82) is 0 Å². The van der Waals surface area contributed by atoms with Crippen LogP contribution in [-0.2, 0) is 11.2 Å². The number of ether oxygens (including phenoxy) is 4. The van der Waals surface area contributed by atoms with Crippen LogP contribution < -0.4 is 18.9 Å². The normalized spacial score (nSPS) is 13.5. The lowest BCUT2D eigenvalue weighted by atomic mass is 9.65. The van der Waals surface area contributed by atoms with E-state index in [-0.39, 0.29) is 23.0 Å². The molecule has 0 saturated heterocycles. The molecule has 0 bridgehead atoms. The third-order valence-corrected chi connectivity index (χ3v) is 8.64. The predicted molar refractivity (Wildman–Crippen MR) is 178 cm³/mol. The van der Waals surface area contributed by atoms with Gasteiger partial charge in [0.2, 0.25) is 34.8 Å². The molecule has 0 heterocycles. The number of hydrogen-bond acceptors (Lipinski definition) is 6. The van der Waals surface area contributed by atoms with Gasteiger partial charge in [-0.3, -0.25) is 0 Å². The van der Waals surface area contributed by atoms with Crippen LogP contribution in [0.5, 0.6) is 34.5 Å². The van der Waals surface area contributed by atoms with Crippen molar-refractivity contribution in [2.24, 2.45) is 0 Å². The molecule has 54 heavy (non-hydrogen) atoms. The minimum Gasteiger partial charge on any atom is -0.497 e. The average molecular weight is 755 g/mol. The van der Waals surface area contributed by atoms with Crippen molar-refractivity contribution in [1.82, 2.24) is 0 Å². The first-order valence-corrected chi connectivity index (χ1v) is 15.7. The summed E-state index contributed by atoms with van der Waals surface area (Å²) in [6.07, 6.45) is 0. The maximum absolute atomic E-state index is 16.5. The zero-order valence-corrected chi connectivity index (χ0v) is 27.9. The molecule has 2 N–H and O–H groups in total. The minimum absolute atomic E-state index is 0.289. The van der Waals surface area contributed by atoms with Crippen molar-refractivity contribution in [3.05, 3.63) is 178 Å². The molecular formula is C40H26F8O6. The van der Waals surface area contributed by atoms with Crippen LogP contribution in [0, 0.1) is 46.5 Å². The standard InChI is InChI=1S/C40H26F8O6/c1-51-23-13-17-25(18-14-23)53-37-33(45)29(41)27(30(42)34(37)46)39(49,21-9-5-3-6-10-21)40(50,22-11-7-4-8-12-22)28-31(43)35(47)38(36(48)32(28)44)54-26-19-15-24(52-2)16-20-26/h3-20,49-50H,1-2H3. The number of benzene rings is 6. The first-order chi connectivity index (χ1) is 25.8. The van der Waals surface area contributed by atoms with Crippen molar-refractivity contribution in [2.45, 2.75) is 11.2 Å². The van der Waals surface area contributed by atoms with Crippen molar-refractivity contribution < 1.29 is 64.3 Å². The molecule has 0 radical (unpaired) electrons. The van der Waals surface area contributed by atoms with E-state index in [1.807, 2.05) is 0 Å². The summed E-state index contributed by atoms with van der Waals surface area (Å²) in [5.41, 5.74) is -13.8. The zero-order valence-electron chi connectivity index (χ0n) is 27.9. The summed E-state index contributed by atoms with van der Waals surface area (Å²) in [4.78, 5) is 0. The molecule has 0 amide bonds. The fraction of sp³-hybridized carbons (Fsp3) is 0.100. The molecular weight excluding hydrogens is 728 g/mol. The van der Waals surface area contributed by atoms with Gasteiger partial charge in [-0.15, -0.1) is 0 Å². The average Bonchev–Trinajstić information content (AvgIpc) is 3.20. The van der Waals surface area contributed by atoms with Gasteiger partial charge >= 0.3 is 0 Å². The van der Waals surface area contributed by atoms with Gasteiger partial charge in [0, 0.05) is 0 Å². The second-order valence-corrected chi connectivity index (χ2v) is 11.6. The van der Waals surface area contributed by atoms with Crippen LogP contribution in [0.15, 0.2) is 109 Å². The Kier molecular flexibility index (Phi) is 10.3. The lowest BCUT2D eigenvalue weighted by molar-refractivity contribution is -0.121. The monoisotopic (exact) mass is 754 g/mol. The number of halogens is 8. The fourth-order valence-electron chi connectivity index (χ4n) is 5.99. The summed E-state index contributed by atoms with van der Waals surface area (Å²) in [5, 5.41) is 25.3. The molecule has 0 aliphatic heterocycles. The maximum atomic E-state index is 16.5. The van der Waals surface area contributed by atoms with Crippen molar-refractivity contribution in [2.75, 3.05) is 14.2 Å². The summed E-state index contributed by atoms with van der Waals surface area (Å²) >= 11 is 0. The topological polar surface area (TPSA) is 77.4 Å². The molecule has 2 atom stereocenters. The highest BCUT2D eigenvalue weighted by Gasteiger charge is 2.61. The molecule has 0 aromatic heterocycles. The van der Waals surface area contributed by atoms with Gasteiger partial charge in [-0.25, -0.2) is 17.6 Å². The second-order valence-electron chi connectivity index (χ2n) is 11.6. The third kappa shape index (κ3) is 6.12. The van der Waals surface area contributed by atoms with Crippen LogP contribution in [-0.4, -0.2) is 24.4 Å². The van der Waals surface area contributed by atoms with E-state index in [2.05, 4.69) is 0 Å². The van der Waals surface area contributed by atoms with E-state index in [0.29, 0.717) is 0 Å². The van der Waals surface area contributed by atoms with E-state index < -0.39 is 91.5 Å². The van der Waals surface area contributed by atoms with Crippen LogP contribution >= 0.6 is 0 Å². The highest BCUT2D eigenvalue weighted by Crippen LogP contribution is 2.54. The zero-order chi connectivity index (χ0) is 38.9. The molecule has 0 fully saturated rings. The molecule has 6 aromatic carbocycles. The van der Waals surface area contributed by atoms with Gasteiger partial charge in [0.1, 0.15) is 23.0 Å². The predicted octanol–water partition coefficient (Wildman–Crippen LogP) is 9.57. The maximum Gasteiger partial charge on any atom is 0.204 e. The molecule has 6 rings (SSSR count). The van der Waals surface area contributed by atoms with Gasteiger partial charge in [-0.1, -0.05) is 60.7 Å². The van der Waals surface area contributed by atoms with Crippen LogP contribution in [0.3, 0.4) is 0 Å². The largest absolute Gasteiger partial charge is 0.497 e. The number of aliphatic hydroxyl groups is 2. The molecule has 6 aromatic rings. The van der Waals surface area contributed by atoms with Crippen LogP contribution in [0.1, 0.15) is 22.3 Å². The van der Waals surface area contributed by atoms with Crippen molar-refractivity contribution in [3.63, 3.8) is 0 Å². The Labute approximate surface area is 302 Å². The summed E-state index contributed by atoms with van der Waals surface area (Å²) in [6, 6.07) is 20.5. The molecule has 0 aliphatic rings. The number of rotatable bonds is 11. The number of methoxy groups -OCH3 is 2. The Hall–Kier alpha value is -6.12. The van der Waals surface area contributed by atoms with Crippen LogP contribution in [0.4, 0.5) is 35.1 Å². The van der Waals surface area contributed by atoms with Crippen molar-refractivity contribution >= 4 is 0 Å². The Balaban J connectivity index is 1.65. The van der Waals surface area contributed by atoms with E-state index >= 15 is 35.1 Å². The fourth-order valence-corrected chi connectivity index (χ4v) is 5.99. The third-order valence-electron chi connectivity index (χ3n) is 8.64. The van der Waals surface area contributed by atoms with E-state index in [1.54, 1.807) is 0 Å². The van der Waals surface area contributed by atoms with Gasteiger partial charge in [0.15, 0.2) is 34.5 Å². The van der Waals surface area contributed by atoms with E-state index in [0.717, 1.165) is 72.8 Å². The van der Waals surface area contributed by atoms with Gasteiger partial charge in [0.05, 0.1) is 25.3 Å². The molecule has 14 heteroatoms. The van der Waals surface area contributed by atoms with E-state index in [4.69, 9.17) is 18.9 Å². The molecule has 2 unspecified atom stereocenters. The summed E-state index contributed by atoms with van der Waals surface area (Å²) in [6.45, 7) is 0. The number of hydrogen-bond donors (Lipinski definition) is 2. The Morgan fingerprint density at radius 3 is 0.889 bits per heavy atom. The molecule has 0 spiro atoms. The Bertz CT molecular complexity index is 2090. The SMILES string of the molecule is COc1ccc(Oc2c(F)c(F)c(C(O)(c3ccccc3)C(O)(c3ccccc3)c3c(F)c(F)c(Oc4ccc(OC)cc4)c(F)c3F)c(F)c2F)cc1. The summed E-state index contributed by atoms with van der Waals surface area (Å²) in [5.74, 6) is -22.0. The second kappa shape index (κ2) is 14.7. The highest BCUT2D eigenvalue weighted by atomic mass is 19.2. The Morgan fingerprint density at radius 1 is 0.370 bits per heavy atom. The first-order valence-electron chi connectivity index (χ1n) is 15.7. The molecule has 278 valence electrons. The Morgan fingerprint density at radius 2 is 0.630 bits per heavy atom. The summed E-state index contributed by atoms with van der Waals surface area (Å²) in [7, 11) is 2.66. The lowest BCUT2D eigenvalue weighted by Gasteiger charge is -2.45. The van der Waals surface area contributed by atoms with Gasteiger partial charge < -0.3 is 29.2 Å². The highest BCUT2D eigenvalue weighted by molar-refractivity contribution is 5.55. The van der Waals surface area contributed by atoms with Gasteiger partial charge in [0.25, 0.3) is 0 Å². The quantitative estimate of drug-likeness (QED) is 0.101. The van der Waals surface area contributed by atoms with Gasteiger partial charge in [-0.2, -0.15) is 17.6 Å². The van der Waals surface area contributed by atoms with Gasteiger partial charge in [-0.05, 0) is 59.7 Å². The smallest absolute Gasteiger partial charge is 0.204 e. The lowest BCUT2D eigenvalue weighted by Crippen LogP contribution is -2.53. The van der Waals surface area contributed by atoms with E-state index in [9.17, 15) is 10.2 Å². The molecule has 0 aliphatic carbocycles. The summed E-state index contributed by atoms with van der Waals surface area (Å²) < 4.78 is 150. The van der Waals surface area contributed by atoms with Crippen LogP contribution in [0.2, 0.25) is 0 Å². The minimum atomic E-state index is -4.04. The first kappa shape index (κ1) is 37.6. The molecule has 0 saturated carbocycles. The molecule has 6 nitrogen and oxygen atoms in total. The van der Waals surface area contributed by atoms with E-state index in [1.165, 1.54) is 50.6 Å².